The van der Waals surface area contributed by atoms with Gasteiger partial charge in [0.25, 0.3) is 0 Å². The first kappa shape index (κ1) is 10.1. The zero-order valence-corrected chi connectivity index (χ0v) is 8.72. The van der Waals surface area contributed by atoms with E-state index in [1.54, 1.807) is 19.1 Å². The smallest absolute Gasteiger partial charge is 0.161 e. The number of nitrogens with zero attached hydrogens (tertiary/aromatic N) is 1. The van der Waals surface area contributed by atoms with Crippen molar-refractivity contribution in [1.29, 1.82) is 0 Å². The molecule has 0 saturated heterocycles. The van der Waals surface area contributed by atoms with E-state index in [0.29, 0.717) is 10.6 Å². The number of Topliss-reactive ketones (excluding diaryl/α,β-unsaturated/α-hetero) is 1. The average molecular weight is 198 g/mol. The van der Waals surface area contributed by atoms with E-state index in [-0.39, 0.29) is 5.78 Å². The Labute approximate surface area is 83.1 Å². The first-order valence-corrected chi connectivity index (χ1v) is 4.38. The molecule has 1 aromatic rings. The minimum atomic E-state index is 0.0335. The summed E-state index contributed by atoms with van der Waals surface area (Å²) in [4.78, 5) is 13.1. The van der Waals surface area contributed by atoms with Crippen molar-refractivity contribution >= 4 is 23.1 Å². The highest BCUT2D eigenvalue weighted by Crippen LogP contribution is 2.22. The topological polar surface area (TPSA) is 20.3 Å². The Bertz CT molecular complexity index is 334. The number of ketones is 1. The summed E-state index contributed by atoms with van der Waals surface area (Å²) in [6.45, 7) is 1.54. The van der Waals surface area contributed by atoms with Gasteiger partial charge in [-0.15, -0.1) is 0 Å². The highest BCUT2D eigenvalue weighted by Gasteiger charge is 2.08. The van der Waals surface area contributed by atoms with Crippen molar-refractivity contribution in [2.24, 2.45) is 0 Å². The molecule has 70 valence electrons. The maximum absolute atomic E-state index is 11.2. The molecule has 0 heterocycles. The van der Waals surface area contributed by atoms with Gasteiger partial charge in [-0.25, -0.2) is 0 Å². The van der Waals surface area contributed by atoms with Crippen LogP contribution < -0.4 is 4.90 Å². The first-order chi connectivity index (χ1) is 6.02. The molecule has 0 aromatic heterocycles. The number of hydrogen-bond donors (Lipinski definition) is 0. The Kier molecular flexibility index (Phi) is 2.94. The summed E-state index contributed by atoms with van der Waals surface area (Å²) in [6, 6.07) is 5.32. The minimum absolute atomic E-state index is 0.0335. The van der Waals surface area contributed by atoms with E-state index < -0.39 is 0 Å². The summed E-state index contributed by atoms with van der Waals surface area (Å²) in [5.74, 6) is 0.0335. The van der Waals surface area contributed by atoms with E-state index in [1.807, 2.05) is 25.1 Å². The van der Waals surface area contributed by atoms with Crippen molar-refractivity contribution in [3.8, 4) is 0 Å². The molecule has 0 amide bonds. The van der Waals surface area contributed by atoms with E-state index in [0.717, 1.165) is 5.69 Å². The SMILES string of the molecule is CC(=O)c1cc(Cl)ccc1N(C)C. The van der Waals surface area contributed by atoms with Crippen molar-refractivity contribution in [3.63, 3.8) is 0 Å². The number of halogens is 1. The van der Waals surface area contributed by atoms with Crippen LogP contribution >= 0.6 is 11.6 Å². The van der Waals surface area contributed by atoms with Gasteiger partial charge in [0.05, 0.1) is 0 Å². The van der Waals surface area contributed by atoms with E-state index in [4.69, 9.17) is 11.6 Å². The summed E-state index contributed by atoms with van der Waals surface area (Å²) < 4.78 is 0. The van der Waals surface area contributed by atoms with Crippen LogP contribution in [0.2, 0.25) is 5.02 Å². The van der Waals surface area contributed by atoms with Gasteiger partial charge in [0.2, 0.25) is 0 Å². The molecule has 1 aromatic carbocycles. The van der Waals surface area contributed by atoms with Crippen molar-refractivity contribution < 1.29 is 4.79 Å². The largest absolute Gasteiger partial charge is 0.377 e. The molecule has 0 fully saturated rings. The molecule has 0 aliphatic carbocycles. The molecular formula is C10H12ClNO. The van der Waals surface area contributed by atoms with E-state index in [1.165, 1.54) is 0 Å². The lowest BCUT2D eigenvalue weighted by Crippen LogP contribution is -2.12. The molecule has 0 N–H and O–H groups in total. The average Bonchev–Trinajstić information content (AvgIpc) is 2.03. The molecule has 0 radical (unpaired) electrons. The van der Waals surface area contributed by atoms with Crippen LogP contribution in [0.25, 0.3) is 0 Å². The standard InChI is InChI=1S/C10H12ClNO/c1-7(13)9-6-8(11)4-5-10(9)12(2)3/h4-6H,1-3H3. The van der Waals surface area contributed by atoms with E-state index in [9.17, 15) is 4.79 Å². The second-order valence-electron chi connectivity index (χ2n) is 3.11. The Morgan fingerprint density at radius 2 is 2.00 bits per heavy atom. The zero-order chi connectivity index (χ0) is 10.0. The lowest BCUT2D eigenvalue weighted by molar-refractivity contribution is 0.101. The van der Waals surface area contributed by atoms with Gasteiger partial charge in [-0.1, -0.05) is 11.6 Å². The maximum Gasteiger partial charge on any atom is 0.161 e. The van der Waals surface area contributed by atoms with Gasteiger partial charge in [0, 0.05) is 30.4 Å². The Morgan fingerprint density at radius 1 is 1.38 bits per heavy atom. The van der Waals surface area contributed by atoms with Gasteiger partial charge in [0.1, 0.15) is 0 Å². The Morgan fingerprint density at radius 3 is 2.46 bits per heavy atom. The van der Waals surface area contributed by atoms with Crippen molar-refractivity contribution in [1.82, 2.24) is 0 Å². The fraction of sp³-hybridized carbons (Fsp3) is 0.300. The lowest BCUT2D eigenvalue weighted by atomic mass is 10.1. The molecule has 13 heavy (non-hydrogen) atoms. The number of carbonyl (C=O) groups is 1. The van der Waals surface area contributed by atoms with Crippen LogP contribution in [0.5, 0.6) is 0 Å². The Balaban J connectivity index is 3.27. The van der Waals surface area contributed by atoms with Crippen LogP contribution in [0.1, 0.15) is 17.3 Å². The number of anilines is 1. The number of hydrogen-bond acceptors (Lipinski definition) is 2. The molecule has 1 rings (SSSR count). The van der Waals surface area contributed by atoms with Gasteiger partial charge in [-0.3, -0.25) is 4.79 Å². The Hall–Kier alpha value is -1.02. The van der Waals surface area contributed by atoms with E-state index >= 15 is 0 Å². The van der Waals surface area contributed by atoms with Gasteiger partial charge in [-0.2, -0.15) is 0 Å². The molecular weight excluding hydrogens is 186 g/mol. The first-order valence-electron chi connectivity index (χ1n) is 4.00. The molecule has 0 aliphatic heterocycles. The molecule has 0 unspecified atom stereocenters. The predicted molar refractivity (Wildman–Crippen MR) is 55.8 cm³/mol. The second kappa shape index (κ2) is 3.79. The third-order valence-electron chi connectivity index (χ3n) is 1.82. The van der Waals surface area contributed by atoms with Crippen LogP contribution in [0.4, 0.5) is 5.69 Å². The summed E-state index contributed by atoms with van der Waals surface area (Å²) >= 11 is 5.79. The molecule has 0 saturated carbocycles. The van der Waals surface area contributed by atoms with Crippen LogP contribution in [-0.4, -0.2) is 19.9 Å². The number of benzene rings is 1. The molecule has 0 bridgehead atoms. The van der Waals surface area contributed by atoms with Crippen molar-refractivity contribution in [2.75, 3.05) is 19.0 Å². The van der Waals surface area contributed by atoms with Gasteiger partial charge in [0.15, 0.2) is 5.78 Å². The maximum atomic E-state index is 11.2. The minimum Gasteiger partial charge on any atom is -0.377 e. The fourth-order valence-corrected chi connectivity index (χ4v) is 1.35. The zero-order valence-electron chi connectivity index (χ0n) is 7.97. The third kappa shape index (κ3) is 2.22. The van der Waals surface area contributed by atoms with Gasteiger partial charge < -0.3 is 4.90 Å². The summed E-state index contributed by atoms with van der Waals surface area (Å²) in [5, 5.41) is 0.593. The monoisotopic (exact) mass is 197 g/mol. The van der Waals surface area contributed by atoms with E-state index in [2.05, 4.69) is 0 Å². The van der Waals surface area contributed by atoms with Crippen molar-refractivity contribution in [3.05, 3.63) is 28.8 Å². The number of carbonyl (C=O) groups excluding carboxylic acids is 1. The normalized spacial score (nSPS) is 9.85. The molecule has 3 heteroatoms. The summed E-state index contributed by atoms with van der Waals surface area (Å²) in [7, 11) is 3.80. The second-order valence-corrected chi connectivity index (χ2v) is 3.55. The summed E-state index contributed by atoms with van der Waals surface area (Å²) in [5.41, 5.74) is 1.56. The van der Waals surface area contributed by atoms with Crippen LogP contribution in [-0.2, 0) is 0 Å². The number of rotatable bonds is 2. The van der Waals surface area contributed by atoms with Crippen LogP contribution in [0.3, 0.4) is 0 Å². The highest BCUT2D eigenvalue weighted by atomic mass is 35.5. The lowest BCUT2D eigenvalue weighted by Gasteiger charge is -2.15. The molecule has 0 atom stereocenters. The molecule has 0 aliphatic rings. The summed E-state index contributed by atoms with van der Waals surface area (Å²) in [6.07, 6.45) is 0. The quantitative estimate of drug-likeness (QED) is 0.680. The fourth-order valence-electron chi connectivity index (χ4n) is 1.18. The van der Waals surface area contributed by atoms with Crippen LogP contribution in [0.15, 0.2) is 18.2 Å². The highest BCUT2D eigenvalue weighted by molar-refractivity contribution is 6.31. The van der Waals surface area contributed by atoms with Gasteiger partial charge >= 0.3 is 0 Å². The van der Waals surface area contributed by atoms with Crippen LogP contribution in [0, 0.1) is 0 Å². The molecule has 0 spiro atoms. The van der Waals surface area contributed by atoms with Gasteiger partial charge in [-0.05, 0) is 25.1 Å². The predicted octanol–water partition coefficient (Wildman–Crippen LogP) is 2.61. The third-order valence-corrected chi connectivity index (χ3v) is 2.05. The van der Waals surface area contributed by atoms with Crippen molar-refractivity contribution in [2.45, 2.75) is 6.92 Å². The molecule has 2 nitrogen and oxygen atoms in total.